The second-order valence-corrected chi connectivity index (χ2v) is 4.32. The van der Waals surface area contributed by atoms with Crippen LogP contribution in [0.3, 0.4) is 0 Å². The van der Waals surface area contributed by atoms with E-state index in [4.69, 9.17) is 0 Å². The van der Waals surface area contributed by atoms with E-state index in [0.29, 0.717) is 0 Å². The van der Waals surface area contributed by atoms with E-state index < -0.39 is 0 Å². The molecule has 0 aliphatic carbocycles. The summed E-state index contributed by atoms with van der Waals surface area (Å²) in [5.74, 6) is -0.220. The summed E-state index contributed by atoms with van der Waals surface area (Å²) in [5, 5.41) is 0. The molecular weight excluding hydrogens is 210 g/mol. The van der Waals surface area contributed by atoms with E-state index in [1.807, 2.05) is 26.0 Å². The summed E-state index contributed by atoms with van der Waals surface area (Å²) in [6.45, 7) is 4.09. The molecule has 86 valence electrons. The van der Waals surface area contributed by atoms with E-state index in [-0.39, 0.29) is 5.92 Å². The quantitative estimate of drug-likeness (QED) is 0.751. The third-order valence-electron chi connectivity index (χ3n) is 2.78. The molecule has 2 rings (SSSR count). The van der Waals surface area contributed by atoms with E-state index in [1.165, 1.54) is 11.1 Å². The molecule has 1 heterocycles. The van der Waals surface area contributed by atoms with Gasteiger partial charge in [-0.1, -0.05) is 35.4 Å². The molecule has 0 bridgehead atoms. The number of hydrogen-bond donors (Lipinski definition) is 0. The Bertz CT molecular complexity index is 499. The Morgan fingerprint density at radius 1 is 1.12 bits per heavy atom. The molecule has 0 saturated carbocycles. The zero-order valence-electron chi connectivity index (χ0n) is 10.1. The average Bonchev–Trinajstić information content (AvgIpc) is 2.30. The number of rotatable bonds is 3. The molecule has 1 aromatic heterocycles. The number of aldehydes is 1. The maximum Gasteiger partial charge on any atom is 0.131 e. The number of pyridine rings is 1. The van der Waals surface area contributed by atoms with E-state index in [0.717, 1.165) is 17.4 Å². The van der Waals surface area contributed by atoms with Crippen molar-refractivity contribution >= 4 is 6.29 Å². The van der Waals surface area contributed by atoms with Crippen molar-refractivity contribution in [3.63, 3.8) is 0 Å². The van der Waals surface area contributed by atoms with Crippen LogP contribution in [-0.2, 0) is 4.79 Å². The van der Waals surface area contributed by atoms with Crippen molar-refractivity contribution in [1.82, 2.24) is 4.98 Å². The summed E-state index contributed by atoms with van der Waals surface area (Å²) in [7, 11) is 0. The minimum absolute atomic E-state index is 0.220. The van der Waals surface area contributed by atoms with Crippen molar-refractivity contribution < 1.29 is 4.79 Å². The van der Waals surface area contributed by atoms with Gasteiger partial charge < -0.3 is 4.79 Å². The van der Waals surface area contributed by atoms with Gasteiger partial charge in [0.15, 0.2) is 0 Å². The second-order valence-electron chi connectivity index (χ2n) is 4.32. The van der Waals surface area contributed by atoms with Crippen LogP contribution in [0.15, 0.2) is 42.7 Å². The molecule has 17 heavy (non-hydrogen) atoms. The number of carbonyl (C=O) groups excluding carboxylic acids is 1. The fourth-order valence-corrected chi connectivity index (χ4v) is 2.10. The molecule has 0 spiro atoms. The molecule has 2 aromatic rings. The first-order valence-electron chi connectivity index (χ1n) is 5.64. The lowest BCUT2D eigenvalue weighted by molar-refractivity contribution is -0.108. The summed E-state index contributed by atoms with van der Waals surface area (Å²) in [6, 6.07) is 10.0. The van der Waals surface area contributed by atoms with Crippen LogP contribution in [0, 0.1) is 13.8 Å². The summed E-state index contributed by atoms with van der Waals surface area (Å²) >= 11 is 0. The lowest BCUT2D eigenvalue weighted by atomic mass is 9.91. The number of carbonyl (C=O) groups is 1. The number of aromatic nitrogens is 1. The van der Waals surface area contributed by atoms with Gasteiger partial charge in [-0.15, -0.1) is 0 Å². The van der Waals surface area contributed by atoms with Crippen LogP contribution in [0.1, 0.15) is 28.2 Å². The van der Waals surface area contributed by atoms with Crippen LogP contribution in [-0.4, -0.2) is 11.3 Å². The number of aryl methyl sites for hydroxylation is 2. The highest BCUT2D eigenvalue weighted by Crippen LogP contribution is 2.23. The van der Waals surface area contributed by atoms with Gasteiger partial charge in [0.25, 0.3) is 0 Å². The van der Waals surface area contributed by atoms with Crippen molar-refractivity contribution in [3.05, 3.63) is 65.0 Å². The SMILES string of the molecule is Cc1cc(C)cc(C(C=O)c2cccnc2)c1. The predicted molar refractivity (Wildman–Crippen MR) is 68.1 cm³/mol. The van der Waals surface area contributed by atoms with Crippen LogP contribution >= 0.6 is 0 Å². The second kappa shape index (κ2) is 4.91. The van der Waals surface area contributed by atoms with Gasteiger partial charge in [-0.25, -0.2) is 0 Å². The molecule has 0 saturated heterocycles. The van der Waals surface area contributed by atoms with Crippen LogP contribution in [0.2, 0.25) is 0 Å². The molecule has 0 amide bonds. The zero-order chi connectivity index (χ0) is 12.3. The molecule has 2 heteroatoms. The highest BCUT2D eigenvalue weighted by molar-refractivity contribution is 5.68. The third-order valence-corrected chi connectivity index (χ3v) is 2.78. The van der Waals surface area contributed by atoms with Crippen LogP contribution < -0.4 is 0 Å². The van der Waals surface area contributed by atoms with Crippen LogP contribution in [0.4, 0.5) is 0 Å². The smallest absolute Gasteiger partial charge is 0.131 e. The summed E-state index contributed by atoms with van der Waals surface area (Å²) in [4.78, 5) is 15.4. The molecule has 0 radical (unpaired) electrons. The molecule has 1 atom stereocenters. The lowest BCUT2D eigenvalue weighted by Crippen LogP contribution is -2.03. The van der Waals surface area contributed by atoms with Gasteiger partial charge in [0.2, 0.25) is 0 Å². The third kappa shape index (κ3) is 2.59. The molecule has 1 aromatic carbocycles. The Hall–Kier alpha value is -1.96. The first-order chi connectivity index (χ1) is 8.20. The van der Waals surface area contributed by atoms with Gasteiger partial charge >= 0.3 is 0 Å². The minimum Gasteiger partial charge on any atom is -0.302 e. The molecule has 0 aliphatic heterocycles. The standard InChI is InChI=1S/C15H15NO/c1-11-6-12(2)8-14(7-11)15(10-17)13-4-3-5-16-9-13/h3-10,15H,1-2H3. The summed E-state index contributed by atoms with van der Waals surface area (Å²) in [5.41, 5.74) is 4.32. The van der Waals surface area contributed by atoms with Gasteiger partial charge in [0.05, 0.1) is 5.92 Å². The highest BCUT2D eigenvalue weighted by Gasteiger charge is 2.13. The summed E-state index contributed by atoms with van der Waals surface area (Å²) < 4.78 is 0. The van der Waals surface area contributed by atoms with E-state index in [9.17, 15) is 4.79 Å². The van der Waals surface area contributed by atoms with E-state index in [2.05, 4.69) is 23.2 Å². The van der Waals surface area contributed by atoms with Crippen LogP contribution in [0.25, 0.3) is 0 Å². The van der Waals surface area contributed by atoms with Crippen LogP contribution in [0.5, 0.6) is 0 Å². The Kier molecular flexibility index (Phi) is 3.33. The first kappa shape index (κ1) is 11.5. The molecular formula is C15H15NO. The largest absolute Gasteiger partial charge is 0.302 e. The maximum atomic E-state index is 11.3. The lowest BCUT2D eigenvalue weighted by Gasteiger charge is -2.12. The Balaban J connectivity index is 2.46. The Morgan fingerprint density at radius 2 is 1.82 bits per heavy atom. The fraction of sp³-hybridized carbons (Fsp3) is 0.200. The van der Waals surface area contributed by atoms with E-state index >= 15 is 0 Å². The first-order valence-corrected chi connectivity index (χ1v) is 5.64. The molecule has 0 fully saturated rings. The Labute approximate surface area is 101 Å². The topological polar surface area (TPSA) is 30.0 Å². The van der Waals surface area contributed by atoms with Gasteiger partial charge in [-0.05, 0) is 31.0 Å². The minimum atomic E-state index is -0.220. The molecule has 0 N–H and O–H groups in total. The van der Waals surface area contributed by atoms with Gasteiger partial charge in [0, 0.05) is 12.4 Å². The van der Waals surface area contributed by atoms with Gasteiger partial charge in [0.1, 0.15) is 6.29 Å². The molecule has 1 unspecified atom stereocenters. The van der Waals surface area contributed by atoms with Gasteiger partial charge in [-0.3, -0.25) is 4.98 Å². The predicted octanol–water partition coefficient (Wildman–Crippen LogP) is 3.03. The highest BCUT2D eigenvalue weighted by atomic mass is 16.1. The average molecular weight is 225 g/mol. The monoisotopic (exact) mass is 225 g/mol. The van der Waals surface area contributed by atoms with Crippen molar-refractivity contribution in [1.29, 1.82) is 0 Å². The normalized spacial score (nSPS) is 12.1. The van der Waals surface area contributed by atoms with Crippen molar-refractivity contribution in [2.75, 3.05) is 0 Å². The maximum absolute atomic E-state index is 11.3. The fourth-order valence-electron chi connectivity index (χ4n) is 2.10. The van der Waals surface area contributed by atoms with Crippen molar-refractivity contribution in [3.8, 4) is 0 Å². The number of benzene rings is 1. The van der Waals surface area contributed by atoms with Crippen molar-refractivity contribution in [2.45, 2.75) is 19.8 Å². The molecule has 0 aliphatic rings. The molecule has 2 nitrogen and oxygen atoms in total. The van der Waals surface area contributed by atoms with Crippen molar-refractivity contribution in [2.24, 2.45) is 0 Å². The van der Waals surface area contributed by atoms with Gasteiger partial charge in [-0.2, -0.15) is 0 Å². The number of hydrogen-bond acceptors (Lipinski definition) is 2. The number of nitrogens with zero attached hydrogens (tertiary/aromatic N) is 1. The zero-order valence-corrected chi connectivity index (χ0v) is 10.1. The Morgan fingerprint density at radius 3 is 2.35 bits per heavy atom. The summed E-state index contributed by atoms with van der Waals surface area (Å²) in [6.07, 6.45) is 4.44. The van der Waals surface area contributed by atoms with E-state index in [1.54, 1.807) is 12.4 Å².